The fraction of sp³-hybridized carbons (Fsp3) is 0.0260. The lowest BCUT2D eigenvalue weighted by Gasteiger charge is -2.19. The third kappa shape index (κ3) is 9.62. The van der Waals surface area contributed by atoms with Crippen molar-refractivity contribution in [2.24, 2.45) is 0 Å². The van der Waals surface area contributed by atoms with Crippen LogP contribution < -0.4 is 0 Å². The molecule has 0 aliphatic heterocycles. The van der Waals surface area contributed by atoms with E-state index in [-0.39, 0.29) is 11.1 Å². The third-order valence-electron chi connectivity index (χ3n) is 15.3. The van der Waals surface area contributed by atoms with E-state index in [2.05, 4.69) is 140 Å². The van der Waals surface area contributed by atoms with E-state index >= 15 is 0 Å². The Morgan fingerprint density at radius 3 is 1.25 bits per heavy atom. The molecule has 14 aromatic rings. The van der Waals surface area contributed by atoms with E-state index in [1.54, 1.807) is 35.9 Å². The zero-order valence-corrected chi connectivity index (χ0v) is 44.7. The van der Waals surface area contributed by atoms with Gasteiger partial charge in [-0.15, -0.1) is 11.3 Å². The molecule has 0 atom stereocenters. The molecule has 81 heavy (non-hydrogen) atoms. The summed E-state index contributed by atoms with van der Waals surface area (Å²) in [5.41, 5.74) is 18.9. The first kappa shape index (κ1) is 42.8. The summed E-state index contributed by atoms with van der Waals surface area (Å²) in [4.78, 5) is 15.0. The van der Waals surface area contributed by atoms with Crippen molar-refractivity contribution in [1.82, 2.24) is 15.0 Å². The number of benzene rings is 10. The molecule has 0 aliphatic rings. The van der Waals surface area contributed by atoms with Crippen molar-refractivity contribution in [1.29, 1.82) is 0 Å². The second-order valence-electron chi connectivity index (χ2n) is 20.3. The average Bonchev–Trinajstić information content (AvgIpc) is 2.10. The lowest BCUT2D eigenvalue weighted by atomic mass is 9.85. The van der Waals surface area contributed by atoms with Gasteiger partial charge in [-0.05, 0) is 158 Å². The van der Waals surface area contributed by atoms with Crippen molar-refractivity contribution in [2.45, 2.75) is 13.7 Å². The van der Waals surface area contributed by atoms with Crippen LogP contribution in [-0.4, -0.2) is 15.0 Å². The topological polar surface area (TPSA) is 38.7 Å². The van der Waals surface area contributed by atoms with Gasteiger partial charge in [0, 0.05) is 80.4 Å². The minimum atomic E-state index is -2.48. The van der Waals surface area contributed by atoms with Gasteiger partial charge in [-0.2, -0.15) is 0 Å². The van der Waals surface area contributed by atoms with Gasteiger partial charge in [0.2, 0.25) is 0 Å². The predicted octanol–water partition coefficient (Wildman–Crippen LogP) is 21.2. The van der Waals surface area contributed by atoms with Crippen LogP contribution in [0.3, 0.4) is 0 Å². The number of pyridine rings is 3. The van der Waals surface area contributed by atoms with Crippen LogP contribution in [0, 0.1) is 13.7 Å². The predicted molar refractivity (Wildman–Crippen MR) is 342 cm³/mol. The highest BCUT2D eigenvalue weighted by atomic mass is 32.1. The molecule has 4 aromatic heterocycles. The molecule has 10 aromatic carbocycles. The second kappa shape index (κ2) is 21.3. The fourth-order valence-electron chi connectivity index (χ4n) is 11.2. The highest BCUT2D eigenvalue weighted by Gasteiger charge is 2.20. The monoisotopic (exact) mass is 1060 g/mol. The van der Waals surface area contributed by atoms with Crippen molar-refractivity contribution in [3.05, 3.63) is 297 Å². The highest BCUT2D eigenvalue weighted by Crippen LogP contribution is 2.46. The molecule has 3 nitrogen and oxygen atoms in total. The molecular weight excluding hydrogens is 999 g/mol. The average molecular weight is 1060 g/mol. The summed E-state index contributed by atoms with van der Waals surface area (Å²) >= 11 is 1.74. The number of hydrogen-bond acceptors (Lipinski definition) is 4. The molecule has 0 fully saturated rings. The lowest BCUT2D eigenvalue weighted by molar-refractivity contribution is 1.29. The van der Waals surface area contributed by atoms with Crippen molar-refractivity contribution in [3.8, 4) is 123 Å². The normalized spacial score (nSPS) is 12.7. The number of thiophene rings is 1. The Balaban J connectivity index is 0.958. The van der Waals surface area contributed by atoms with Gasteiger partial charge in [0.1, 0.15) is 0 Å². The molecule has 0 bridgehead atoms. The van der Waals surface area contributed by atoms with Gasteiger partial charge in [-0.1, -0.05) is 206 Å². The van der Waals surface area contributed by atoms with Gasteiger partial charge in [-0.3, -0.25) is 15.0 Å². The van der Waals surface area contributed by atoms with E-state index in [1.165, 1.54) is 10.3 Å². The summed E-state index contributed by atoms with van der Waals surface area (Å²) in [5, 5.41) is 2.29. The standard InChI is InChI=1S/C77H53N3S/c1-50-39-74(55-21-8-4-9-22-55)79-48-71(50)65-29-14-12-27-63(65)60-42-61(64-28-13-15-30-66(64)72-49-80-75(40-51(72)2)56-23-10-5-11-24-56)44-62(43-60)69-46-77-70(67-31-16-17-32-76(67)81-77)45-68(69)59-37-38-73(78-47-59)58-26-18-25-57(41-58)54-35-33-53(34-36-54)52-19-6-3-7-20-52/h3-49H,1-2H3/i1D3,2D3. The zero-order valence-electron chi connectivity index (χ0n) is 49.9. The summed E-state index contributed by atoms with van der Waals surface area (Å²) in [6, 6.07) is 89.9. The van der Waals surface area contributed by atoms with E-state index < -0.39 is 13.7 Å². The van der Waals surface area contributed by atoms with Gasteiger partial charge in [0.25, 0.3) is 0 Å². The Hall–Kier alpha value is -10.1. The van der Waals surface area contributed by atoms with Crippen molar-refractivity contribution >= 4 is 31.5 Å². The van der Waals surface area contributed by atoms with E-state index in [9.17, 15) is 0 Å². The van der Waals surface area contributed by atoms with Crippen LogP contribution >= 0.6 is 11.3 Å². The number of rotatable bonds is 11. The van der Waals surface area contributed by atoms with Gasteiger partial charge in [-0.25, -0.2) is 0 Å². The Morgan fingerprint density at radius 2 is 0.679 bits per heavy atom. The number of fused-ring (bicyclic) bond motifs is 3. The van der Waals surface area contributed by atoms with Gasteiger partial charge >= 0.3 is 0 Å². The summed E-state index contributed by atoms with van der Waals surface area (Å²) in [5.74, 6) is 0. The smallest absolute Gasteiger partial charge is 0.0705 e. The van der Waals surface area contributed by atoms with E-state index in [1.807, 2.05) is 121 Å². The zero-order chi connectivity index (χ0) is 59.2. The van der Waals surface area contributed by atoms with Crippen LogP contribution in [-0.2, 0) is 0 Å². The SMILES string of the molecule is [2H]C([2H])([2H])c1cc(-c2ccccc2)ncc1-c1ccccc1-c1cc(-c2cc3sc4ccccc4c3cc2-c2ccc(-c3cccc(-c4ccc(-c5ccccc5)cc4)c3)nc2)cc(-c2ccccc2-c2cnc(-c3ccccc3)cc2C([2H])([2H])[2H])c1. The van der Waals surface area contributed by atoms with E-state index in [0.717, 1.165) is 99.1 Å². The Kier molecular flexibility index (Phi) is 11.2. The maximum Gasteiger partial charge on any atom is 0.0705 e. The van der Waals surface area contributed by atoms with E-state index in [0.29, 0.717) is 33.6 Å². The van der Waals surface area contributed by atoms with E-state index in [4.69, 9.17) is 23.2 Å². The first-order valence-corrected chi connectivity index (χ1v) is 27.8. The van der Waals surface area contributed by atoms with Crippen LogP contribution in [0.1, 0.15) is 19.4 Å². The van der Waals surface area contributed by atoms with Crippen LogP contribution in [0.4, 0.5) is 0 Å². The lowest BCUT2D eigenvalue weighted by Crippen LogP contribution is -1.95. The van der Waals surface area contributed by atoms with Crippen LogP contribution in [0.2, 0.25) is 0 Å². The fourth-order valence-corrected chi connectivity index (χ4v) is 12.4. The minimum absolute atomic E-state index is 0.187. The number of aryl methyl sites for hydroxylation is 2. The van der Waals surface area contributed by atoms with Gasteiger partial charge < -0.3 is 0 Å². The first-order valence-electron chi connectivity index (χ1n) is 30.0. The third-order valence-corrected chi connectivity index (χ3v) is 16.5. The first-order chi connectivity index (χ1) is 42.4. The summed E-state index contributed by atoms with van der Waals surface area (Å²) in [6.07, 6.45) is 5.35. The van der Waals surface area contributed by atoms with Gasteiger partial charge in [0.15, 0.2) is 0 Å². The molecule has 4 heteroatoms. The van der Waals surface area contributed by atoms with Crippen molar-refractivity contribution < 1.29 is 8.22 Å². The van der Waals surface area contributed by atoms with Crippen LogP contribution in [0.15, 0.2) is 286 Å². The largest absolute Gasteiger partial charge is 0.256 e. The van der Waals surface area contributed by atoms with Crippen LogP contribution in [0.5, 0.6) is 0 Å². The molecule has 4 heterocycles. The number of nitrogens with zero attached hydrogens (tertiary/aromatic N) is 3. The molecule has 0 radical (unpaired) electrons. The summed E-state index contributed by atoms with van der Waals surface area (Å²) in [6.45, 7) is -4.97. The molecule has 0 saturated carbocycles. The molecular formula is C77H53N3S. The number of aromatic nitrogens is 3. The summed E-state index contributed by atoms with van der Waals surface area (Å²) in [7, 11) is 0. The second-order valence-corrected chi connectivity index (χ2v) is 21.4. The maximum absolute atomic E-state index is 8.93. The quantitative estimate of drug-likeness (QED) is 0.130. The molecule has 0 N–H and O–H groups in total. The van der Waals surface area contributed by atoms with Crippen molar-refractivity contribution in [3.63, 3.8) is 0 Å². The maximum atomic E-state index is 8.93. The van der Waals surface area contributed by atoms with Gasteiger partial charge in [0.05, 0.1) is 17.1 Å². The molecule has 0 spiro atoms. The Morgan fingerprint density at radius 1 is 0.247 bits per heavy atom. The minimum Gasteiger partial charge on any atom is -0.256 e. The Bertz CT molecular complexity index is 4700. The van der Waals surface area contributed by atoms with Crippen molar-refractivity contribution in [2.75, 3.05) is 0 Å². The highest BCUT2D eigenvalue weighted by molar-refractivity contribution is 7.25. The molecule has 0 unspecified atom stereocenters. The molecule has 0 aliphatic carbocycles. The summed E-state index contributed by atoms with van der Waals surface area (Å²) < 4.78 is 55.8. The number of hydrogen-bond donors (Lipinski definition) is 0. The molecule has 0 saturated heterocycles. The Labute approximate surface area is 485 Å². The van der Waals surface area contributed by atoms with Crippen LogP contribution in [0.25, 0.3) is 143 Å². The molecule has 0 amide bonds. The molecule has 14 rings (SSSR count). The molecule has 382 valence electrons.